The molecule has 0 heterocycles. The maximum atomic E-state index is 7.57. The Labute approximate surface area is 185 Å². The van der Waals surface area contributed by atoms with Crippen molar-refractivity contribution in [1.29, 1.82) is 0 Å². The number of hydrogen-bond acceptors (Lipinski definition) is 1. The van der Waals surface area contributed by atoms with E-state index in [-0.39, 0.29) is 21.5 Å². The Hall–Kier alpha value is 0.0200. The first-order valence-electron chi connectivity index (χ1n) is 9.85. The second-order valence-electron chi connectivity index (χ2n) is 7.27. The van der Waals surface area contributed by atoms with Crippen LogP contribution in [0.3, 0.4) is 0 Å². The number of allylic oxidation sites excluding steroid dienone is 8. The summed E-state index contributed by atoms with van der Waals surface area (Å²) in [5.74, 6) is 1.75. The van der Waals surface area contributed by atoms with Gasteiger partial charge in [-0.2, -0.15) is 0 Å². The van der Waals surface area contributed by atoms with Gasteiger partial charge in [0.2, 0.25) is 0 Å². The van der Waals surface area contributed by atoms with E-state index >= 15 is 0 Å². The zero-order valence-corrected chi connectivity index (χ0v) is 21.6. The molecule has 4 aliphatic rings. The molecule has 0 fully saturated rings. The summed E-state index contributed by atoms with van der Waals surface area (Å²) in [6.45, 7) is 8.49. The van der Waals surface area contributed by atoms with Crippen molar-refractivity contribution in [3.05, 3.63) is 68.4 Å². The van der Waals surface area contributed by atoms with Gasteiger partial charge in [0, 0.05) is 6.61 Å². The second-order valence-corrected chi connectivity index (χ2v) is 7.27. The second kappa shape index (κ2) is 14.1. The molecule has 4 aliphatic carbocycles. The van der Waals surface area contributed by atoms with Gasteiger partial charge in [-0.15, -0.1) is 5.92 Å². The summed E-state index contributed by atoms with van der Waals surface area (Å²) in [7, 11) is 0. The van der Waals surface area contributed by atoms with E-state index in [9.17, 15) is 0 Å². The van der Waals surface area contributed by atoms with Crippen LogP contribution >= 0.6 is 0 Å². The van der Waals surface area contributed by atoms with Crippen molar-refractivity contribution in [3.8, 4) is 0 Å². The van der Waals surface area contributed by atoms with E-state index in [2.05, 4.69) is 31.2 Å². The van der Waals surface area contributed by atoms with E-state index in [1.165, 1.54) is 51.4 Å². The van der Waals surface area contributed by atoms with E-state index in [0.29, 0.717) is 17.8 Å². The Morgan fingerprint density at radius 3 is 1.63 bits per heavy atom. The van der Waals surface area contributed by atoms with Gasteiger partial charge < -0.3 is 26.9 Å². The summed E-state index contributed by atoms with van der Waals surface area (Å²) < 4.78 is 0. The minimum absolute atomic E-state index is 0. The Bertz CT molecular complexity index is 525. The normalized spacial score (nSPS) is 25.7. The van der Waals surface area contributed by atoms with E-state index < -0.39 is 0 Å². The molecule has 0 amide bonds. The van der Waals surface area contributed by atoms with Crippen LogP contribution in [0.15, 0.2) is 46.6 Å². The van der Waals surface area contributed by atoms with E-state index in [1.54, 1.807) is 52.6 Å². The van der Waals surface area contributed by atoms with Crippen molar-refractivity contribution in [2.45, 2.75) is 58.3 Å². The Morgan fingerprint density at radius 2 is 1.26 bits per heavy atom. The minimum atomic E-state index is 0. The molecule has 0 saturated carbocycles. The number of hydrogen-bond donors (Lipinski definition) is 1. The molecule has 0 aliphatic heterocycles. The molecule has 2 unspecified atom stereocenters. The van der Waals surface area contributed by atoms with E-state index in [4.69, 9.17) is 5.11 Å². The molecular weight excluding hydrogens is 424 g/mol. The first-order chi connectivity index (χ1) is 12.3. The van der Waals surface area contributed by atoms with Crippen LogP contribution in [-0.4, -0.2) is 18.6 Å². The molecule has 0 saturated heterocycles. The van der Waals surface area contributed by atoms with Crippen LogP contribution in [0.4, 0.5) is 0 Å². The molecular formula is C24H39OSiZr-3. The quantitative estimate of drug-likeness (QED) is 0.422. The number of rotatable bonds is 2. The average molecular weight is 463 g/mol. The maximum absolute atomic E-state index is 7.57. The van der Waals surface area contributed by atoms with Crippen LogP contribution in [0, 0.1) is 39.5 Å². The first kappa shape index (κ1) is 27.0. The molecule has 152 valence electrons. The first-order valence-corrected chi connectivity index (χ1v) is 15.8. The van der Waals surface area contributed by atoms with Crippen molar-refractivity contribution in [2.24, 2.45) is 17.8 Å². The fourth-order valence-corrected chi connectivity index (χ4v) is 4.74. The summed E-state index contributed by atoms with van der Waals surface area (Å²) in [5, 5.41) is 7.57. The standard InChI is InChI=1S/C20H25.C2H6O.2CH3.H2Si.Zr/c1-14(17-12-10-15-6-2-4-8-19(15)17)18-13-11-16-7-3-5-9-20(16)18;1-2-3;;;;/h10-14,17-18H,1-9H2;3H,2H2,1H3;2*1H3;1H2;/q-1;;2*-1;;. The SMILES string of the molecule is CCO.[CH2-]C(C1C=CC2=C1CCCC2)C1C=CC2=C1CCCC2.[CH3-].[CH3-].[SiH2]=[Zr]. The van der Waals surface area contributed by atoms with Crippen molar-refractivity contribution in [1.82, 2.24) is 0 Å². The number of aliphatic hydroxyl groups is 1. The third kappa shape index (κ3) is 6.51. The van der Waals surface area contributed by atoms with Gasteiger partial charge in [-0.3, -0.25) is 0 Å². The average Bonchev–Trinajstić information content (AvgIpc) is 3.28. The molecule has 27 heavy (non-hydrogen) atoms. The fraction of sp³-hybridized carbons (Fsp3) is 0.542. The van der Waals surface area contributed by atoms with Crippen LogP contribution in [-0.2, 0) is 23.3 Å². The van der Waals surface area contributed by atoms with Gasteiger partial charge in [-0.05, 0) is 81.3 Å². The molecule has 2 atom stereocenters. The summed E-state index contributed by atoms with van der Waals surface area (Å²) in [5.41, 5.74) is 6.76. The summed E-state index contributed by atoms with van der Waals surface area (Å²) >= 11 is 1.58. The summed E-state index contributed by atoms with van der Waals surface area (Å²) in [4.78, 5) is 0. The monoisotopic (exact) mass is 461 g/mol. The molecule has 4 rings (SSSR count). The molecule has 0 radical (unpaired) electrons. The predicted molar refractivity (Wildman–Crippen MR) is 119 cm³/mol. The van der Waals surface area contributed by atoms with Crippen LogP contribution < -0.4 is 0 Å². The molecule has 0 aromatic carbocycles. The van der Waals surface area contributed by atoms with Gasteiger partial charge in [0.1, 0.15) is 0 Å². The topological polar surface area (TPSA) is 20.2 Å². The van der Waals surface area contributed by atoms with Crippen LogP contribution in [0.25, 0.3) is 0 Å². The molecule has 0 aromatic rings. The Morgan fingerprint density at radius 1 is 0.926 bits per heavy atom. The third-order valence-electron chi connectivity index (χ3n) is 5.85. The molecule has 0 spiro atoms. The fourth-order valence-electron chi connectivity index (χ4n) is 4.74. The summed E-state index contributed by atoms with van der Waals surface area (Å²) in [6, 6.07) is 0. The zero-order valence-electron chi connectivity index (χ0n) is 17.8. The van der Waals surface area contributed by atoms with Crippen molar-refractivity contribution >= 4 is 6.88 Å². The zero-order chi connectivity index (χ0) is 18.2. The van der Waals surface area contributed by atoms with Gasteiger partial charge >= 0.3 is 30.2 Å². The van der Waals surface area contributed by atoms with E-state index in [0.717, 1.165) is 0 Å². The van der Waals surface area contributed by atoms with Crippen molar-refractivity contribution < 1.29 is 28.4 Å². The van der Waals surface area contributed by atoms with Gasteiger partial charge in [-0.1, -0.05) is 35.5 Å². The predicted octanol–water partition coefficient (Wildman–Crippen LogP) is 5.53. The van der Waals surface area contributed by atoms with Crippen molar-refractivity contribution in [3.63, 3.8) is 0 Å². The van der Waals surface area contributed by atoms with Crippen LogP contribution in [0.1, 0.15) is 58.3 Å². The summed E-state index contributed by atoms with van der Waals surface area (Å²) in [6.07, 6.45) is 20.5. The Balaban J connectivity index is 0.000000886. The third-order valence-corrected chi connectivity index (χ3v) is 5.85. The molecule has 3 heteroatoms. The molecule has 1 N–H and O–H groups in total. The van der Waals surface area contributed by atoms with Gasteiger partial charge in [0.15, 0.2) is 0 Å². The van der Waals surface area contributed by atoms with Crippen molar-refractivity contribution in [2.75, 3.05) is 6.61 Å². The Kier molecular flexibility index (Phi) is 14.1. The van der Waals surface area contributed by atoms with Crippen LogP contribution in [0.5, 0.6) is 0 Å². The number of aliphatic hydroxyl groups excluding tert-OH is 1. The van der Waals surface area contributed by atoms with Gasteiger partial charge in [0.05, 0.1) is 0 Å². The molecule has 1 nitrogen and oxygen atoms in total. The van der Waals surface area contributed by atoms with Crippen LogP contribution in [0.2, 0.25) is 0 Å². The van der Waals surface area contributed by atoms with E-state index in [1.807, 2.05) is 6.88 Å². The van der Waals surface area contributed by atoms with Gasteiger partial charge in [0.25, 0.3) is 0 Å². The van der Waals surface area contributed by atoms with Gasteiger partial charge in [-0.25, -0.2) is 0 Å². The molecule has 0 aromatic heterocycles. The molecule has 0 bridgehead atoms.